The third kappa shape index (κ3) is 7.98. The quantitative estimate of drug-likeness (QED) is 0.286. The van der Waals surface area contributed by atoms with E-state index in [-0.39, 0.29) is 22.6 Å². The first-order chi connectivity index (χ1) is 19.8. The fraction of sp³-hybridized carbons (Fsp3) is 0.269. The molecule has 0 fully saturated rings. The second-order valence-electron chi connectivity index (χ2n) is 8.96. The Morgan fingerprint density at radius 2 is 1.70 bits per heavy atom. The number of hydrogen-bond donors (Lipinski definition) is 1. The molecule has 2 aromatic carbocycles. The molecular weight excluding hydrogens is 632 g/mol. The van der Waals surface area contributed by atoms with Gasteiger partial charge in [-0.25, -0.2) is 8.42 Å². The zero-order valence-electron chi connectivity index (χ0n) is 21.5. The van der Waals surface area contributed by atoms with Crippen LogP contribution in [0.1, 0.15) is 22.8 Å². The first kappa shape index (κ1) is 33.3. The standard InChI is InChI=1S/C26H18ClF6N3O6S/c1-23(14-35,36-22(37)17-6-8-18(9-7-17)43(38,39)26(31,32)33)15-40-20-12-16(13-34)5-10-19(20)41-21-4-2-3-11-24(21,27)42-25(28,29)30/h2-12,21H,15H2,1H3,(H,36,37). The van der Waals surface area contributed by atoms with Crippen molar-refractivity contribution in [3.63, 3.8) is 0 Å². The fourth-order valence-electron chi connectivity index (χ4n) is 3.45. The third-order valence-electron chi connectivity index (χ3n) is 5.59. The van der Waals surface area contributed by atoms with Crippen LogP contribution >= 0.6 is 11.6 Å². The van der Waals surface area contributed by atoms with Crippen LogP contribution in [0, 0.1) is 22.7 Å². The zero-order chi connectivity index (χ0) is 32.3. The van der Waals surface area contributed by atoms with E-state index in [1.54, 1.807) is 6.07 Å². The van der Waals surface area contributed by atoms with Gasteiger partial charge in [-0.15, -0.1) is 13.2 Å². The van der Waals surface area contributed by atoms with E-state index in [1.807, 2.05) is 6.07 Å². The van der Waals surface area contributed by atoms with Crippen molar-refractivity contribution in [3.05, 3.63) is 77.9 Å². The van der Waals surface area contributed by atoms with Crippen LogP contribution < -0.4 is 14.8 Å². The summed E-state index contributed by atoms with van der Waals surface area (Å²) in [7, 11) is -5.65. The van der Waals surface area contributed by atoms with Gasteiger partial charge < -0.3 is 14.8 Å². The number of hydrogen-bond acceptors (Lipinski definition) is 8. The van der Waals surface area contributed by atoms with Gasteiger partial charge in [-0.2, -0.15) is 23.7 Å². The van der Waals surface area contributed by atoms with Crippen LogP contribution in [0.5, 0.6) is 11.5 Å². The summed E-state index contributed by atoms with van der Waals surface area (Å²) >= 11 is 6.05. The molecule has 43 heavy (non-hydrogen) atoms. The molecule has 2 aromatic rings. The van der Waals surface area contributed by atoms with Gasteiger partial charge in [0.2, 0.25) is 5.06 Å². The molecule has 0 saturated carbocycles. The van der Waals surface area contributed by atoms with Crippen molar-refractivity contribution >= 4 is 27.3 Å². The molecule has 1 amide bonds. The second kappa shape index (κ2) is 12.2. The molecule has 0 radical (unpaired) electrons. The largest absolute Gasteiger partial charge is 0.524 e. The lowest BCUT2D eigenvalue weighted by molar-refractivity contribution is -0.350. The number of alkyl halides is 7. The fourth-order valence-corrected chi connectivity index (χ4v) is 4.49. The maximum atomic E-state index is 13.0. The molecule has 9 nitrogen and oxygen atoms in total. The lowest BCUT2D eigenvalue weighted by atomic mass is 10.0. The molecule has 3 unspecified atom stereocenters. The third-order valence-corrected chi connectivity index (χ3v) is 7.51. The van der Waals surface area contributed by atoms with Gasteiger partial charge in [-0.1, -0.05) is 23.8 Å². The predicted octanol–water partition coefficient (Wildman–Crippen LogP) is 5.29. The lowest BCUT2D eigenvalue weighted by Crippen LogP contribution is -2.49. The molecule has 0 bridgehead atoms. The number of ether oxygens (including phenoxy) is 3. The monoisotopic (exact) mass is 649 g/mol. The van der Waals surface area contributed by atoms with Gasteiger partial charge >= 0.3 is 11.9 Å². The number of allylic oxidation sites excluding steroid dienone is 2. The summed E-state index contributed by atoms with van der Waals surface area (Å²) < 4.78 is 116. The number of amides is 1. The van der Waals surface area contributed by atoms with E-state index in [4.69, 9.17) is 21.1 Å². The number of halogens is 7. The van der Waals surface area contributed by atoms with E-state index >= 15 is 0 Å². The highest BCUT2D eigenvalue weighted by atomic mass is 35.5. The average Bonchev–Trinajstić information content (AvgIpc) is 2.92. The lowest BCUT2D eigenvalue weighted by Gasteiger charge is -2.33. The summed E-state index contributed by atoms with van der Waals surface area (Å²) in [6.07, 6.45) is -2.05. The smallest absolute Gasteiger partial charge is 0.486 e. The van der Waals surface area contributed by atoms with Crippen LogP contribution in [-0.2, 0) is 14.6 Å². The van der Waals surface area contributed by atoms with Crippen LogP contribution in [0.15, 0.2) is 71.7 Å². The molecule has 1 aliphatic carbocycles. The van der Waals surface area contributed by atoms with Crippen molar-refractivity contribution in [1.82, 2.24) is 5.32 Å². The molecule has 1 aliphatic rings. The minimum atomic E-state index is -5.65. The molecule has 3 atom stereocenters. The molecule has 0 heterocycles. The van der Waals surface area contributed by atoms with Crippen molar-refractivity contribution in [2.75, 3.05) is 6.61 Å². The Kier molecular flexibility index (Phi) is 9.40. The highest BCUT2D eigenvalue weighted by molar-refractivity contribution is 7.92. The number of benzene rings is 2. The Bertz CT molecular complexity index is 1630. The number of rotatable bonds is 9. The van der Waals surface area contributed by atoms with Gasteiger partial charge in [0, 0.05) is 11.6 Å². The molecule has 17 heteroatoms. The molecule has 3 rings (SSSR count). The van der Waals surface area contributed by atoms with Crippen LogP contribution in [0.2, 0.25) is 0 Å². The van der Waals surface area contributed by atoms with E-state index in [1.165, 1.54) is 37.3 Å². The summed E-state index contributed by atoms with van der Waals surface area (Å²) in [4.78, 5) is 11.6. The van der Waals surface area contributed by atoms with Crippen molar-refractivity contribution in [1.29, 1.82) is 10.5 Å². The highest BCUT2D eigenvalue weighted by Crippen LogP contribution is 2.39. The average molecular weight is 650 g/mol. The maximum absolute atomic E-state index is 13.0. The molecule has 228 valence electrons. The minimum Gasteiger partial charge on any atom is -0.486 e. The van der Waals surface area contributed by atoms with Gasteiger partial charge in [0.25, 0.3) is 15.7 Å². The zero-order valence-corrected chi connectivity index (χ0v) is 23.1. The highest BCUT2D eigenvalue weighted by Gasteiger charge is 2.48. The van der Waals surface area contributed by atoms with Gasteiger partial charge in [-0.3, -0.25) is 9.53 Å². The number of nitrogens with zero attached hydrogens (tertiary/aromatic N) is 2. The topological polar surface area (TPSA) is 139 Å². The van der Waals surface area contributed by atoms with Crippen LogP contribution in [0.3, 0.4) is 0 Å². The van der Waals surface area contributed by atoms with E-state index in [9.17, 15) is 50.1 Å². The Morgan fingerprint density at radius 1 is 1.05 bits per heavy atom. The maximum Gasteiger partial charge on any atom is 0.524 e. The van der Waals surface area contributed by atoms with E-state index in [0.717, 1.165) is 24.3 Å². The second-order valence-corrected chi connectivity index (χ2v) is 11.5. The first-order valence-electron chi connectivity index (χ1n) is 11.6. The van der Waals surface area contributed by atoms with Gasteiger partial charge in [-0.05, 0) is 55.5 Å². The summed E-state index contributed by atoms with van der Waals surface area (Å²) in [6.45, 7) is 0.574. The van der Waals surface area contributed by atoms with Crippen LogP contribution in [0.25, 0.3) is 0 Å². The molecule has 0 saturated heterocycles. The van der Waals surface area contributed by atoms with Crippen molar-refractivity contribution in [3.8, 4) is 23.6 Å². The molecule has 0 aliphatic heterocycles. The number of nitriles is 2. The first-order valence-corrected chi connectivity index (χ1v) is 13.5. The number of carbonyl (C=O) groups excluding carboxylic acids is 1. The molecule has 0 aromatic heterocycles. The number of sulfone groups is 1. The van der Waals surface area contributed by atoms with Crippen molar-refractivity contribution in [2.45, 2.75) is 40.4 Å². The van der Waals surface area contributed by atoms with Crippen LogP contribution in [0.4, 0.5) is 26.3 Å². The summed E-state index contributed by atoms with van der Waals surface area (Å²) in [6, 6.07) is 9.98. The molecule has 1 N–H and O–H groups in total. The minimum absolute atomic E-state index is 0.0294. The molecular formula is C26H18ClF6N3O6S. The Labute approximate surface area is 245 Å². The Morgan fingerprint density at radius 3 is 2.26 bits per heavy atom. The summed E-state index contributed by atoms with van der Waals surface area (Å²) in [5.74, 6) is -1.43. The van der Waals surface area contributed by atoms with Gasteiger partial charge in [0.05, 0.1) is 22.6 Å². The normalized spacial score (nSPS) is 19.9. The number of carbonyl (C=O) groups is 1. The summed E-state index contributed by atoms with van der Waals surface area (Å²) in [5, 5.41) is 18.8. The van der Waals surface area contributed by atoms with Crippen LogP contribution in [-0.4, -0.2) is 49.5 Å². The van der Waals surface area contributed by atoms with E-state index in [0.29, 0.717) is 12.1 Å². The SMILES string of the molecule is CC(C#N)(COc1cc(C#N)ccc1OC1C=CC=CC1(Cl)OC(F)(F)F)NC(=O)c1ccc(S(=O)(=O)C(F)(F)F)cc1. The van der Waals surface area contributed by atoms with Crippen molar-refractivity contribution in [2.24, 2.45) is 0 Å². The number of nitrogens with one attached hydrogen (secondary N) is 1. The molecule has 0 spiro atoms. The van der Waals surface area contributed by atoms with E-state index < -0.39 is 55.8 Å². The summed E-state index contributed by atoms with van der Waals surface area (Å²) in [5.41, 5.74) is -7.66. The van der Waals surface area contributed by atoms with Gasteiger partial charge in [0.1, 0.15) is 6.61 Å². The van der Waals surface area contributed by atoms with Gasteiger partial charge in [0.15, 0.2) is 23.1 Å². The predicted molar refractivity (Wildman–Crippen MR) is 136 cm³/mol. The van der Waals surface area contributed by atoms with Crippen molar-refractivity contribution < 1.29 is 53.8 Å². The Balaban J connectivity index is 1.80. The Hall–Kier alpha value is -4.25. The van der Waals surface area contributed by atoms with E-state index in [2.05, 4.69) is 10.1 Å².